The molecule has 1 aliphatic carbocycles. The summed E-state index contributed by atoms with van der Waals surface area (Å²) in [5.41, 5.74) is 2.98. The molecule has 0 radical (unpaired) electrons. The van der Waals surface area contributed by atoms with Gasteiger partial charge in [0.15, 0.2) is 0 Å². The molecule has 7 nitrogen and oxygen atoms in total. The van der Waals surface area contributed by atoms with E-state index in [-0.39, 0.29) is 24.2 Å². The van der Waals surface area contributed by atoms with Crippen LogP contribution in [-0.2, 0) is 11.3 Å². The Kier molecular flexibility index (Phi) is 4.57. The molecule has 1 fully saturated rings. The smallest absolute Gasteiger partial charge is 0.312 e. The normalized spacial score (nSPS) is 15.0. The fraction of sp³-hybridized carbons (Fsp3) is 0.444. The Balaban J connectivity index is 1.74. The predicted octanol–water partition coefficient (Wildman–Crippen LogP) is 2.98. The highest BCUT2D eigenvalue weighted by Crippen LogP contribution is 2.41. The Morgan fingerprint density at radius 2 is 1.96 bits per heavy atom. The molecule has 3 rings (SSSR count). The Morgan fingerprint density at radius 1 is 1.32 bits per heavy atom. The van der Waals surface area contributed by atoms with Crippen LogP contribution in [0.1, 0.15) is 41.4 Å². The van der Waals surface area contributed by atoms with Crippen LogP contribution in [0.25, 0.3) is 0 Å². The highest BCUT2D eigenvalue weighted by atomic mass is 16.6. The van der Waals surface area contributed by atoms with Crippen LogP contribution in [0.15, 0.2) is 24.3 Å². The van der Waals surface area contributed by atoms with Gasteiger partial charge in [-0.05, 0) is 45.1 Å². The van der Waals surface area contributed by atoms with Crippen molar-refractivity contribution >= 4 is 11.6 Å². The Morgan fingerprint density at radius 3 is 2.48 bits per heavy atom. The van der Waals surface area contributed by atoms with Gasteiger partial charge in [-0.15, -0.1) is 0 Å². The lowest BCUT2D eigenvalue weighted by Crippen LogP contribution is -2.33. The molecule has 1 atom stereocenters. The Bertz CT molecular complexity index is 806. The number of aromatic nitrogens is 2. The number of carbonyl (C=O) groups is 1. The maximum atomic E-state index is 12.5. The monoisotopic (exact) mass is 342 g/mol. The lowest BCUT2D eigenvalue weighted by atomic mass is 10.0. The molecule has 1 saturated carbocycles. The van der Waals surface area contributed by atoms with Gasteiger partial charge in [0.05, 0.1) is 11.0 Å². The van der Waals surface area contributed by atoms with Crippen molar-refractivity contribution in [1.29, 1.82) is 0 Å². The van der Waals surface area contributed by atoms with Crippen LogP contribution < -0.4 is 5.32 Å². The van der Waals surface area contributed by atoms with Crippen LogP contribution in [-0.4, -0.2) is 20.6 Å². The van der Waals surface area contributed by atoms with E-state index in [1.54, 1.807) is 13.8 Å². The first-order valence-corrected chi connectivity index (χ1v) is 8.41. The van der Waals surface area contributed by atoms with E-state index >= 15 is 0 Å². The number of aryl methyl sites for hydroxylation is 2. The second-order valence-corrected chi connectivity index (χ2v) is 6.73. The second kappa shape index (κ2) is 6.66. The van der Waals surface area contributed by atoms with Gasteiger partial charge in [0, 0.05) is 0 Å². The summed E-state index contributed by atoms with van der Waals surface area (Å²) in [6.07, 6.45) is 2.20. The van der Waals surface area contributed by atoms with Crippen LogP contribution in [0.5, 0.6) is 0 Å². The fourth-order valence-electron chi connectivity index (χ4n) is 3.14. The molecule has 0 unspecified atom stereocenters. The zero-order valence-electron chi connectivity index (χ0n) is 14.7. The summed E-state index contributed by atoms with van der Waals surface area (Å²) >= 11 is 0. The topological polar surface area (TPSA) is 90.1 Å². The van der Waals surface area contributed by atoms with Crippen LogP contribution in [0.3, 0.4) is 0 Å². The van der Waals surface area contributed by atoms with E-state index in [4.69, 9.17) is 0 Å². The first-order valence-electron chi connectivity index (χ1n) is 8.41. The summed E-state index contributed by atoms with van der Waals surface area (Å²) in [5, 5.41) is 18.3. The van der Waals surface area contributed by atoms with Crippen molar-refractivity contribution in [2.75, 3.05) is 0 Å². The molecule has 0 spiro atoms. The lowest BCUT2D eigenvalue weighted by Gasteiger charge is -2.19. The average Bonchev–Trinajstić information content (AvgIpc) is 3.33. The molecule has 1 heterocycles. The van der Waals surface area contributed by atoms with Gasteiger partial charge in [-0.2, -0.15) is 5.10 Å². The van der Waals surface area contributed by atoms with Gasteiger partial charge >= 0.3 is 5.69 Å². The molecule has 2 aromatic rings. The lowest BCUT2D eigenvalue weighted by molar-refractivity contribution is -0.386. The first kappa shape index (κ1) is 17.1. The van der Waals surface area contributed by atoms with E-state index in [0.29, 0.717) is 17.3 Å². The average molecular weight is 342 g/mol. The minimum Gasteiger partial charge on any atom is -0.347 e. The van der Waals surface area contributed by atoms with E-state index < -0.39 is 4.92 Å². The second-order valence-electron chi connectivity index (χ2n) is 6.73. The number of hydrogen-bond donors (Lipinski definition) is 1. The molecule has 0 saturated heterocycles. The molecule has 132 valence electrons. The molecular weight excluding hydrogens is 320 g/mol. The Labute approximate surface area is 146 Å². The maximum absolute atomic E-state index is 12.5. The number of hydrogen-bond acceptors (Lipinski definition) is 4. The molecule has 1 amide bonds. The molecule has 1 aliphatic rings. The fourth-order valence-corrected chi connectivity index (χ4v) is 3.14. The molecule has 7 heteroatoms. The zero-order valence-corrected chi connectivity index (χ0v) is 14.7. The third-order valence-corrected chi connectivity index (χ3v) is 4.67. The minimum atomic E-state index is -0.453. The maximum Gasteiger partial charge on any atom is 0.312 e. The molecule has 1 aromatic carbocycles. The molecule has 25 heavy (non-hydrogen) atoms. The van der Waals surface area contributed by atoms with E-state index in [1.165, 1.54) is 10.2 Å². The molecule has 1 N–H and O–H groups in total. The van der Waals surface area contributed by atoms with Crippen molar-refractivity contribution in [2.45, 2.75) is 46.2 Å². The third kappa shape index (κ3) is 3.70. The SMILES string of the molecule is Cc1ccc([C@@H](NC(=O)Cn2nc(C)c([N+](=O)[O-])c2C)C2CC2)cc1. The summed E-state index contributed by atoms with van der Waals surface area (Å²) in [5.74, 6) is 0.277. The Hall–Kier alpha value is -2.70. The first-order chi connectivity index (χ1) is 11.9. The minimum absolute atomic E-state index is 0.0138. The highest BCUT2D eigenvalue weighted by Gasteiger charge is 2.33. The molecule has 0 bridgehead atoms. The van der Waals surface area contributed by atoms with E-state index in [1.807, 2.05) is 31.2 Å². The van der Waals surface area contributed by atoms with Crippen LogP contribution in [0, 0.1) is 36.8 Å². The number of rotatable bonds is 6. The van der Waals surface area contributed by atoms with Gasteiger partial charge in [0.1, 0.15) is 17.9 Å². The largest absolute Gasteiger partial charge is 0.347 e. The van der Waals surface area contributed by atoms with Crippen molar-refractivity contribution in [3.05, 3.63) is 56.9 Å². The van der Waals surface area contributed by atoms with Gasteiger partial charge in [-0.1, -0.05) is 29.8 Å². The third-order valence-electron chi connectivity index (χ3n) is 4.67. The summed E-state index contributed by atoms with van der Waals surface area (Å²) < 4.78 is 1.40. The van der Waals surface area contributed by atoms with Gasteiger partial charge in [0.2, 0.25) is 5.91 Å². The number of carbonyl (C=O) groups excluding carboxylic acids is 1. The molecular formula is C18H22N4O3. The van der Waals surface area contributed by atoms with Gasteiger partial charge < -0.3 is 5.32 Å². The highest BCUT2D eigenvalue weighted by molar-refractivity contribution is 5.76. The van der Waals surface area contributed by atoms with Gasteiger partial charge in [-0.3, -0.25) is 19.6 Å². The number of nitrogens with one attached hydrogen (secondary N) is 1. The van der Waals surface area contributed by atoms with Crippen molar-refractivity contribution in [2.24, 2.45) is 5.92 Å². The van der Waals surface area contributed by atoms with Crippen molar-refractivity contribution < 1.29 is 9.72 Å². The van der Waals surface area contributed by atoms with Crippen LogP contribution >= 0.6 is 0 Å². The quantitative estimate of drug-likeness (QED) is 0.645. The molecule has 1 aromatic heterocycles. The van der Waals surface area contributed by atoms with E-state index in [9.17, 15) is 14.9 Å². The van der Waals surface area contributed by atoms with Gasteiger partial charge in [0.25, 0.3) is 0 Å². The summed E-state index contributed by atoms with van der Waals surface area (Å²) in [7, 11) is 0. The van der Waals surface area contributed by atoms with E-state index in [0.717, 1.165) is 18.4 Å². The summed E-state index contributed by atoms with van der Waals surface area (Å²) in [6, 6.07) is 8.17. The summed E-state index contributed by atoms with van der Waals surface area (Å²) in [6.45, 7) is 5.21. The van der Waals surface area contributed by atoms with Crippen molar-refractivity contribution in [3.63, 3.8) is 0 Å². The van der Waals surface area contributed by atoms with Crippen molar-refractivity contribution in [1.82, 2.24) is 15.1 Å². The number of amides is 1. The zero-order chi connectivity index (χ0) is 18.1. The number of benzene rings is 1. The van der Waals surface area contributed by atoms with Crippen molar-refractivity contribution in [3.8, 4) is 0 Å². The van der Waals surface area contributed by atoms with Gasteiger partial charge in [-0.25, -0.2) is 0 Å². The van der Waals surface area contributed by atoms with Crippen LogP contribution in [0.4, 0.5) is 5.69 Å². The van der Waals surface area contributed by atoms with Crippen LogP contribution in [0.2, 0.25) is 0 Å². The number of nitrogens with zero attached hydrogens (tertiary/aromatic N) is 3. The van der Waals surface area contributed by atoms with E-state index in [2.05, 4.69) is 10.4 Å². The standard InChI is InChI=1S/C18H22N4O3/c1-11-4-6-14(7-5-11)17(15-8-9-15)19-16(23)10-21-13(3)18(22(24)25)12(2)20-21/h4-7,15,17H,8-10H2,1-3H3,(H,19,23)/t17-/m1/s1. The summed E-state index contributed by atoms with van der Waals surface area (Å²) in [4.78, 5) is 23.1. The molecule has 0 aliphatic heterocycles. The number of nitro groups is 1. The predicted molar refractivity (Wildman–Crippen MR) is 93.1 cm³/mol.